The van der Waals surface area contributed by atoms with Gasteiger partial charge in [0.15, 0.2) is 0 Å². The quantitative estimate of drug-likeness (QED) is 0.194. The van der Waals surface area contributed by atoms with Gasteiger partial charge in [0.05, 0.1) is 0 Å². The summed E-state index contributed by atoms with van der Waals surface area (Å²) < 4.78 is 0. The predicted octanol–water partition coefficient (Wildman–Crippen LogP) is 10.9. The maximum Gasteiger partial charge on any atom is 0.284 e. The van der Waals surface area contributed by atoms with Crippen molar-refractivity contribution in [3.8, 4) is 0 Å². The van der Waals surface area contributed by atoms with E-state index in [0.717, 1.165) is 0 Å². The van der Waals surface area contributed by atoms with E-state index in [1.54, 1.807) is 5.19 Å². The van der Waals surface area contributed by atoms with E-state index < -0.39 is 5.52 Å². The van der Waals surface area contributed by atoms with Crippen LogP contribution in [-0.2, 0) is 0 Å². The molecule has 40 heavy (non-hydrogen) atoms. The van der Waals surface area contributed by atoms with Gasteiger partial charge in [0.1, 0.15) is 0 Å². The van der Waals surface area contributed by atoms with Crippen LogP contribution in [0.3, 0.4) is 0 Å². The zero-order valence-electron chi connectivity index (χ0n) is 26.3. The van der Waals surface area contributed by atoms with Crippen molar-refractivity contribution in [1.82, 2.24) is 0 Å². The van der Waals surface area contributed by atoms with Crippen molar-refractivity contribution in [3.63, 3.8) is 0 Å². The fraction of sp³-hybridized carbons (Fsp3) is 0.333. The third-order valence-corrected chi connectivity index (χ3v) is 22.9. The zero-order chi connectivity index (χ0) is 29.5. The van der Waals surface area contributed by atoms with Gasteiger partial charge in [-0.25, -0.2) is 0 Å². The Kier molecular flexibility index (Phi) is 9.46. The Morgan fingerprint density at radius 3 is 0.750 bits per heavy atom. The van der Waals surface area contributed by atoms with Crippen LogP contribution in [0.1, 0.15) is 66.8 Å². The minimum atomic E-state index is -2.50. The highest BCUT2D eigenvalue weighted by Gasteiger charge is 2.44. The summed E-state index contributed by atoms with van der Waals surface area (Å²) in [7, 11) is 0. The van der Waals surface area contributed by atoms with Gasteiger partial charge in [-0.05, 0) is 133 Å². The monoisotopic (exact) mass is 600 g/mol. The Hall–Kier alpha value is -1.85. The number of hydrogen-bond acceptors (Lipinski definition) is 3. The first-order valence-corrected chi connectivity index (χ1v) is 20.7. The molecule has 0 spiro atoms. The lowest BCUT2D eigenvalue weighted by molar-refractivity contribution is 1.19. The fourth-order valence-corrected chi connectivity index (χ4v) is 25.1. The number of aryl methyl sites for hydroxylation is 12. The normalized spacial score (nSPS) is 11.8. The topological polar surface area (TPSA) is 0 Å². The molecule has 0 atom stereocenters. The van der Waals surface area contributed by atoms with E-state index in [-0.39, 0.29) is 0 Å². The van der Waals surface area contributed by atoms with E-state index in [1.807, 2.05) is 0 Å². The smallest absolute Gasteiger partial charge is 0.120 e. The van der Waals surface area contributed by atoms with Crippen LogP contribution in [0, 0.1) is 83.1 Å². The zero-order valence-corrected chi connectivity index (χ0v) is 29.8. The molecular weight excluding hydrogens is 557 g/mol. The van der Waals surface area contributed by atoms with Crippen LogP contribution in [0.25, 0.3) is 0 Å². The summed E-state index contributed by atoms with van der Waals surface area (Å²) in [5, 5.41) is 1.57. The minimum Gasteiger partial charge on any atom is -0.120 e. The molecule has 0 aliphatic heterocycles. The van der Waals surface area contributed by atoms with Gasteiger partial charge in [0, 0.05) is 14.7 Å². The first-order chi connectivity index (χ1) is 18.7. The lowest BCUT2D eigenvalue weighted by atomic mass is 10.1. The summed E-state index contributed by atoms with van der Waals surface area (Å²) in [5.41, 5.74) is 14.0. The standard InChI is InChI=1S/C36H44S3Si/c1-21-13-25(5)33(26(6)14-21)37-40(36-31(11)19-24(4)20-32(36)12,38-34-27(7)15-22(2)16-28(34)8)39-35-29(9)17-23(3)18-30(35)10/h13-20H,1-12H3. The molecule has 0 radical (unpaired) electrons. The minimum absolute atomic E-state index is 1.34. The van der Waals surface area contributed by atoms with E-state index in [1.165, 1.54) is 81.4 Å². The van der Waals surface area contributed by atoms with Gasteiger partial charge >= 0.3 is 0 Å². The van der Waals surface area contributed by atoms with Crippen LogP contribution in [-0.4, -0.2) is 5.52 Å². The molecule has 0 aromatic heterocycles. The van der Waals surface area contributed by atoms with Crippen LogP contribution in [0.4, 0.5) is 0 Å². The summed E-state index contributed by atoms with van der Waals surface area (Å²) in [6.45, 7) is 27.4. The molecule has 4 heteroatoms. The number of benzene rings is 4. The molecular formula is C36H44S3Si. The highest BCUT2D eigenvalue weighted by atomic mass is 32.8. The van der Waals surface area contributed by atoms with Gasteiger partial charge < -0.3 is 0 Å². The fourth-order valence-electron chi connectivity index (χ4n) is 6.26. The summed E-state index contributed by atoms with van der Waals surface area (Å²) in [5.74, 6) is 0. The first kappa shape index (κ1) is 31.1. The largest absolute Gasteiger partial charge is 0.284 e. The highest BCUT2D eigenvalue weighted by molar-refractivity contribution is 8.82. The molecule has 0 saturated carbocycles. The second kappa shape index (κ2) is 12.2. The molecule has 4 rings (SSSR count). The highest BCUT2D eigenvalue weighted by Crippen LogP contribution is 2.55. The average Bonchev–Trinajstić information content (AvgIpc) is 2.80. The molecule has 0 aliphatic carbocycles. The number of hydrogen-bond donors (Lipinski definition) is 0. The van der Waals surface area contributed by atoms with E-state index >= 15 is 0 Å². The third kappa shape index (κ3) is 6.46. The van der Waals surface area contributed by atoms with E-state index in [0.29, 0.717) is 0 Å². The van der Waals surface area contributed by atoms with E-state index in [2.05, 4.69) is 165 Å². The molecule has 0 unspecified atom stereocenters. The molecule has 0 nitrogen and oxygen atoms in total. The van der Waals surface area contributed by atoms with Crippen LogP contribution in [0.5, 0.6) is 0 Å². The molecule has 0 aliphatic rings. The molecule has 0 bridgehead atoms. The molecule has 0 N–H and O–H groups in total. The maximum atomic E-state index is 2.41. The molecule has 210 valence electrons. The van der Waals surface area contributed by atoms with Gasteiger partial charge in [-0.2, -0.15) is 0 Å². The Morgan fingerprint density at radius 2 is 0.525 bits per heavy atom. The molecule has 0 fully saturated rings. The Morgan fingerprint density at radius 1 is 0.325 bits per heavy atom. The van der Waals surface area contributed by atoms with Crippen molar-refractivity contribution in [3.05, 3.63) is 115 Å². The predicted molar refractivity (Wildman–Crippen MR) is 186 cm³/mol. The molecule has 0 amide bonds. The van der Waals surface area contributed by atoms with E-state index in [4.69, 9.17) is 0 Å². The number of rotatable bonds is 7. The van der Waals surface area contributed by atoms with Crippen molar-refractivity contribution >= 4 is 44.3 Å². The second-order valence-electron chi connectivity index (χ2n) is 11.8. The van der Waals surface area contributed by atoms with Crippen LogP contribution in [0.2, 0.25) is 0 Å². The summed E-state index contributed by atoms with van der Waals surface area (Å²) in [6.07, 6.45) is 0. The SMILES string of the molecule is Cc1cc(C)c(S[Si](Sc2c(C)cc(C)cc2C)(Sc2c(C)cc(C)cc2C)c2c(C)cc(C)cc2C)c(C)c1. The first-order valence-electron chi connectivity index (χ1n) is 14.1. The molecule has 4 aromatic rings. The average molecular weight is 601 g/mol. The van der Waals surface area contributed by atoms with Crippen molar-refractivity contribution in [2.75, 3.05) is 0 Å². The van der Waals surface area contributed by atoms with Gasteiger partial charge in [-0.1, -0.05) is 70.8 Å². The van der Waals surface area contributed by atoms with Crippen molar-refractivity contribution in [2.45, 2.75) is 97.8 Å². The Labute approximate surface area is 256 Å². The summed E-state index contributed by atoms with van der Waals surface area (Å²) in [6, 6.07) is 19.0. The van der Waals surface area contributed by atoms with Gasteiger partial charge in [-0.3, -0.25) is 0 Å². The molecule has 4 aromatic carbocycles. The van der Waals surface area contributed by atoms with Crippen molar-refractivity contribution in [2.24, 2.45) is 0 Å². The van der Waals surface area contributed by atoms with Gasteiger partial charge in [0.25, 0.3) is 5.52 Å². The second-order valence-corrected chi connectivity index (χ2v) is 24.9. The summed E-state index contributed by atoms with van der Waals surface area (Å²) >= 11 is 6.55. The lowest BCUT2D eigenvalue weighted by Gasteiger charge is -2.35. The van der Waals surface area contributed by atoms with Gasteiger partial charge in [-0.15, -0.1) is 33.6 Å². The van der Waals surface area contributed by atoms with Crippen LogP contribution < -0.4 is 5.19 Å². The third-order valence-electron chi connectivity index (χ3n) is 7.51. The van der Waals surface area contributed by atoms with Crippen molar-refractivity contribution < 1.29 is 0 Å². The lowest BCUT2D eigenvalue weighted by Crippen LogP contribution is -2.43. The van der Waals surface area contributed by atoms with E-state index in [9.17, 15) is 0 Å². The van der Waals surface area contributed by atoms with Crippen LogP contribution >= 0.6 is 33.6 Å². The summed E-state index contributed by atoms with van der Waals surface area (Å²) in [4.78, 5) is 4.34. The van der Waals surface area contributed by atoms with Gasteiger partial charge in [0.2, 0.25) is 0 Å². The van der Waals surface area contributed by atoms with Crippen molar-refractivity contribution in [1.29, 1.82) is 0 Å². The Bertz CT molecular complexity index is 1360. The molecule has 0 saturated heterocycles. The molecule has 0 heterocycles. The maximum absolute atomic E-state index is 2.50. The van der Waals surface area contributed by atoms with Crippen LogP contribution in [0.15, 0.2) is 63.2 Å². The Balaban J connectivity index is 2.10.